The van der Waals surface area contributed by atoms with Crippen molar-refractivity contribution in [1.29, 1.82) is 0 Å². The number of hydrogen-bond acceptors (Lipinski definition) is 3. The van der Waals surface area contributed by atoms with Gasteiger partial charge in [0, 0.05) is 0 Å². The molecule has 0 saturated carbocycles. The van der Waals surface area contributed by atoms with Gasteiger partial charge in [0.05, 0.1) is 24.7 Å². The van der Waals surface area contributed by atoms with E-state index in [1.807, 2.05) is 61.5 Å². The van der Waals surface area contributed by atoms with E-state index in [2.05, 4.69) is 0 Å². The molecule has 0 aliphatic carbocycles. The molecule has 0 heterocycles. The fourth-order valence-corrected chi connectivity index (χ4v) is 4.03. The Labute approximate surface area is 166 Å². The van der Waals surface area contributed by atoms with E-state index in [-0.39, 0.29) is 6.54 Å². The average Bonchev–Trinajstić information content (AvgIpc) is 2.72. The smallest absolute Gasteiger partial charge is 0.257 e. The Bertz CT molecular complexity index is 1040. The molecule has 0 amide bonds. The number of rotatable bonds is 7. The molecule has 144 valence electrons. The van der Waals surface area contributed by atoms with Crippen molar-refractivity contribution in [3.63, 3.8) is 0 Å². The zero-order chi connectivity index (χ0) is 20.0. The third-order valence-corrected chi connectivity index (χ3v) is 5.91. The summed E-state index contributed by atoms with van der Waals surface area (Å²) in [5, 5.41) is 1.25. The monoisotopic (exact) mass is 393 g/mol. The van der Waals surface area contributed by atoms with Gasteiger partial charge in [0.1, 0.15) is 5.75 Å². The van der Waals surface area contributed by atoms with Gasteiger partial charge >= 0.3 is 0 Å². The molecular weight excluding hydrogens is 370 g/mol. The molecular formula is C23H23NO3S. The summed E-state index contributed by atoms with van der Waals surface area (Å²) in [6.07, 6.45) is 1.61. The minimum atomic E-state index is -3.70. The molecule has 0 radical (unpaired) electrons. The summed E-state index contributed by atoms with van der Waals surface area (Å²) in [6, 6.07) is 24.2. The highest BCUT2D eigenvalue weighted by Gasteiger charge is 2.21. The van der Waals surface area contributed by atoms with E-state index in [1.54, 1.807) is 37.5 Å². The van der Waals surface area contributed by atoms with Crippen LogP contribution < -0.4 is 9.04 Å². The third kappa shape index (κ3) is 4.81. The Kier molecular flexibility index (Phi) is 6.16. The Morgan fingerprint density at radius 1 is 0.893 bits per heavy atom. The van der Waals surface area contributed by atoms with Crippen LogP contribution in [0.2, 0.25) is 0 Å². The number of anilines is 1. The first-order valence-electron chi connectivity index (χ1n) is 8.94. The summed E-state index contributed by atoms with van der Waals surface area (Å²) in [7, 11) is -2.11. The van der Waals surface area contributed by atoms with E-state index in [1.165, 1.54) is 9.71 Å². The number of aryl methyl sites for hydroxylation is 1. The number of methoxy groups -OCH3 is 1. The second-order valence-corrected chi connectivity index (χ2v) is 8.13. The molecule has 0 aliphatic heterocycles. The molecule has 0 aromatic heterocycles. The van der Waals surface area contributed by atoms with E-state index >= 15 is 0 Å². The van der Waals surface area contributed by atoms with Gasteiger partial charge in [0.2, 0.25) is 0 Å². The van der Waals surface area contributed by atoms with Crippen LogP contribution in [0.1, 0.15) is 16.7 Å². The number of hydrogen-bond donors (Lipinski definition) is 0. The predicted octanol–water partition coefficient (Wildman–Crippen LogP) is 5.01. The lowest BCUT2D eigenvalue weighted by molar-refractivity contribution is 0.415. The topological polar surface area (TPSA) is 46.6 Å². The highest BCUT2D eigenvalue weighted by Crippen LogP contribution is 2.26. The van der Waals surface area contributed by atoms with Gasteiger partial charge < -0.3 is 4.74 Å². The summed E-state index contributed by atoms with van der Waals surface area (Å²) in [4.78, 5) is 0. The van der Waals surface area contributed by atoms with E-state index in [4.69, 9.17) is 4.74 Å². The van der Waals surface area contributed by atoms with Crippen molar-refractivity contribution in [2.75, 3.05) is 11.4 Å². The molecule has 0 spiro atoms. The first-order valence-corrected chi connectivity index (χ1v) is 10.4. The van der Waals surface area contributed by atoms with Crippen LogP contribution in [0, 0.1) is 6.92 Å². The van der Waals surface area contributed by atoms with E-state index in [0.29, 0.717) is 11.4 Å². The van der Waals surface area contributed by atoms with Crippen LogP contribution in [0.5, 0.6) is 5.75 Å². The van der Waals surface area contributed by atoms with Crippen molar-refractivity contribution in [2.24, 2.45) is 0 Å². The third-order valence-electron chi connectivity index (χ3n) is 4.47. The molecule has 3 rings (SSSR count). The van der Waals surface area contributed by atoms with Crippen LogP contribution in [-0.2, 0) is 16.6 Å². The Balaban J connectivity index is 1.98. The lowest BCUT2D eigenvalue weighted by atomic mass is 10.1. The Morgan fingerprint density at radius 2 is 1.54 bits per heavy atom. The highest BCUT2D eigenvalue weighted by molar-refractivity contribution is 7.95. The maximum atomic E-state index is 13.2. The molecule has 0 N–H and O–H groups in total. The molecule has 3 aromatic carbocycles. The molecule has 0 aliphatic rings. The minimum absolute atomic E-state index is 0.250. The van der Waals surface area contributed by atoms with Crippen LogP contribution in [0.15, 0.2) is 84.3 Å². The first-order chi connectivity index (χ1) is 13.5. The summed E-state index contributed by atoms with van der Waals surface area (Å²) >= 11 is 0. The average molecular weight is 394 g/mol. The van der Waals surface area contributed by atoms with Crippen molar-refractivity contribution < 1.29 is 13.2 Å². The fraction of sp³-hybridized carbons (Fsp3) is 0.130. The van der Waals surface area contributed by atoms with Crippen LogP contribution in [-0.4, -0.2) is 15.5 Å². The Morgan fingerprint density at radius 3 is 2.18 bits per heavy atom. The molecule has 0 bridgehead atoms. The maximum Gasteiger partial charge on any atom is 0.257 e. The lowest BCUT2D eigenvalue weighted by Gasteiger charge is -2.24. The van der Waals surface area contributed by atoms with Crippen LogP contribution in [0.4, 0.5) is 5.69 Å². The van der Waals surface area contributed by atoms with E-state index in [9.17, 15) is 8.42 Å². The van der Waals surface area contributed by atoms with Crippen molar-refractivity contribution in [3.05, 3.63) is 101 Å². The van der Waals surface area contributed by atoms with Crippen molar-refractivity contribution >= 4 is 21.8 Å². The SMILES string of the molecule is COc1ccc(N(Cc2ccccc2C)S(=O)(=O)C=Cc2ccccc2)cc1. The number of ether oxygens (including phenoxy) is 1. The minimum Gasteiger partial charge on any atom is -0.497 e. The van der Waals surface area contributed by atoms with E-state index in [0.717, 1.165) is 16.7 Å². The molecule has 3 aromatic rings. The van der Waals surface area contributed by atoms with Crippen molar-refractivity contribution in [2.45, 2.75) is 13.5 Å². The van der Waals surface area contributed by atoms with E-state index < -0.39 is 10.0 Å². The zero-order valence-corrected chi connectivity index (χ0v) is 16.8. The number of nitrogens with zero attached hydrogens (tertiary/aromatic N) is 1. The highest BCUT2D eigenvalue weighted by atomic mass is 32.2. The van der Waals surface area contributed by atoms with Crippen LogP contribution >= 0.6 is 0 Å². The van der Waals surface area contributed by atoms with Gasteiger partial charge in [-0.3, -0.25) is 4.31 Å². The quantitative estimate of drug-likeness (QED) is 0.567. The molecule has 28 heavy (non-hydrogen) atoms. The molecule has 5 heteroatoms. The normalized spacial score (nSPS) is 11.5. The second-order valence-electron chi connectivity index (χ2n) is 6.39. The largest absolute Gasteiger partial charge is 0.497 e. The zero-order valence-electron chi connectivity index (χ0n) is 15.9. The van der Waals surface area contributed by atoms with Crippen LogP contribution in [0.3, 0.4) is 0 Å². The standard InChI is InChI=1S/C23H23NO3S/c1-19-8-6-7-11-21(19)18-24(22-12-14-23(27-2)15-13-22)28(25,26)17-16-20-9-4-3-5-10-20/h3-17H,18H2,1-2H3. The van der Waals surface area contributed by atoms with Gasteiger partial charge in [-0.1, -0.05) is 54.6 Å². The summed E-state index contributed by atoms with van der Waals surface area (Å²) in [6.45, 7) is 2.23. The fourth-order valence-electron chi connectivity index (χ4n) is 2.82. The van der Waals surface area contributed by atoms with Crippen molar-refractivity contribution in [3.8, 4) is 5.75 Å². The van der Waals surface area contributed by atoms with Gasteiger partial charge in [0.25, 0.3) is 10.0 Å². The summed E-state index contributed by atoms with van der Waals surface area (Å²) in [5.74, 6) is 0.678. The second kappa shape index (κ2) is 8.76. The van der Waals surface area contributed by atoms with Gasteiger partial charge in [-0.2, -0.15) is 0 Å². The van der Waals surface area contributed by atoms with Gasteiger partial charge in [0.15, 0.2) is 0 Å². The first kappa shape index (κ1) is 19.7. The van der Waals surface area contributed by atoms with Gasteiger partial charge in [-0.05, 0) is 54.0 Å². The maximum absolute atomic E-state index is 13.2. The molecule has 4 nitrogen and oxygen atoms in total. The lowest BCUT2D eigenvalue weighted by Crippen LogP contribution is -2.29. The Hall–Kier alpha value is -3.05. The molecule has 0 saturated heterocycles. The summed E-state index contributed by atoms with van der Waals surface area (Å²) < 4.78 is 33.0. The molecule has 0 fully saturated rings. The van der Waals surface area contributed by atoms with Crippen LogP contribution in [0.25, 0.3) is 6.08 Å². The van der Waals surface area contributed by atoms with Gasteiger partial charge in [-0.25, -0.2) is 8.42 Å². The van der Waals surface area contributed by atoms with Crippen molar-refractivity contribution in [1.82, 2.24) is 0 Å². The molecule has 0 atom stereocenters. The number of benzene rings is 3. The summed E-state index contributed by atoms with van der Waals surface area (Å²) in [5.41, 5.74) is 3.41. The predicted molar refractivity (Wildman–Crippen MR) is 115 cm³/mol. The van der Waals surface area contributed by atoms with Gasteiger partial charge in [-0.15, -0.1) is 0 Å². The number of sulfonamides is 1. The molecule has 0 unspecified atom stereocenters.